The molecule has 0 spiro atoms. The number of nitrogens with one attached hydrogen (secondary N) is 1. The molecule has 3 nitrogen and oxygen atoms in total. The summed E-state index contributed by atoms with van der Waals surface area (Å²) in [5.41, 5.74) is 1.35. The summed E-state index contributed by atoms with van der Waals surface area (Å²) in [6.45, 7) is 0.335. The quantitative estimate of drug-likeness (QED) is 0.691. The molecule has 0 heterocycles. The molecule has 0 radical (unpaired) electrons. The Bertz CT molecular complexity index is 702. The van der Waals surface area contributed by atoms with Crippen LogP contribution in [0.15, 0.2) is 60.2 Å². The maximum Gasteiger partial charge on any atom is 0.262 e. The second-order valence-corrected chi connectivity index (χ2v) is 4.39. The van der Waals surface area contributed by atoms with Gasteiger partial charge in [0.1, 0.15) is 17.5 Å². The fraction of sp³-hybridized carbons (Fsp3) is 0.0588. The molecule has 2 aromatic carbocycles. The van der Waals surface area contributed by atoms with Crippen molar-refractivity contribution in [1.82, 2.24) is 5.32 Å². The number of halogens is 1. The highest BCUT2D eigenvalue weighted by molar-refractivity contribution is 6.01. The number of carbonyl (C=O) groups is 1. The average Bonchev–Trinajstić information content (AvgIpc) is 2.51. The average molecular weight is 280 g/mol. The van der Waals surface area contributed by atoms with Gasteiger partial charge in [-0.05, 0) is 29.3 Å². The summed E-state index contributed by atoms with van der Waals surface area (Å²) in [5.74, 6) is -0.892. The molecule has 0 aliphatic heterocycles. The van der Waals surface area contributed by atoms with Crippen molar-refractivity contribution >= 4 is 12.0 Å². The van der Waals surface area contributed by atoms with Gasteiger partial charge in [0.05, 0.1) is 0 Å². The van der Waals surface area contributed by atoms with Gasteiger partial charge < -0.3 is 5.32 Å². The lowest BCUT2D eigenvalue weighted by atomic mass is 10.1. The minimum absolute atomic E-state index is 0.0588. The molecular weight excluding hydrogens is 267 g/mol. The maximum absolute atomic E-state index is 13.1. The number of benzene rings is 2. The van der Waals surface area contributed by atoms with Gasteiger partial charge in [-0.25, -0.2) is 4.39 Å². The van der Waals surface area contributed by atoms with Gasteiger partial charge in [-0.15, -0.1) is 0 Å². The lowest BCUT2D eigenvalue weighted by molar-refractivity contribution is -0.117. The van der Waals surface area contributed by atoms with Crippen LogP contribution in [0.2, 0.25) is 0 Å². The smallest absolute Gasteiger partial charge is 0.262 e. The van der Waals surface area contributed by atoms with E-state index in [9.17, 15) is 9.18 Å². The number of amides is 1. The fourth-order valence-corrected chi connectivity index (χ4v) is 1.79. The molecule has 2 rings (SSSR count). The minimum Gasteiger partial charge on any atom is -0.347 e. The molecule has 0 aliphatic carbocycles. The summed E-state index contributed by atoms with van der Waals surface area (Å²) in [6.07, 6.45) is 1.36. The third-order valence-corrected chi connectivity index (χ3v) is 2.82. The Morgan fingerprint density at radius 3 is 2.62 bits per heavy atom. The van der Waals surface area contributed by atoms with Gasteiger partial charge >= 0.3 is 0 Å². The van der Waals surface area contributed by atoms with E-state index in [1.165, 1.54) is 24.3 Å². The van der Waals surface area contributed by atoms with Gasteiger partial charge in [0.25, 0.3) is 5.91 Å². The molecule has 0 fully saturated rings. The van der Waals surface area contributed by atoms with Gasteiger partial charge in [-0.1, -0.05) is 42.5 Å². The molecular formula is C17H13FN2O. The van der Waals surface area contributed by atoms with E-state index in [0.29, 0.717) is 12.1 Å². The van der Waals surface area contributed by atoms with Gasteiger partial charge in [-0.3, -0.25) is 4.79 Å². The summed E-state index contributed by atoms with van der Waals surface area (Å²) in [6, 6.07) is 16.9. The lowest BCUT2D eigenvalue weighted by Crippen LogP contribution is -2.23. The third kappa shape index (κ3) is 4.29. The normalized spacial score (nSPS) is 10.8. The first-order chi connectivity index (χ1) is 10.2. The first-order valence-electron chi connectivity index (χ1n) is 6.38. The molecule has 1 N–H and O–H groups in total. The Hall–Kier alpha value is -2.93. The van der Waals surface area contributed by atoms with Crippen LogP contribution in [0.25, 0.3) is 6.08 Å². The SMILES string of the molecule is N#C/C(=C/c1cccc(F)c1)C(=O)NCc1ccccc1. The standard InChI is InChI=1S/C17H13FN2O/c18-16-8-4-7-14(10-16)9-15(11-19)17(21)20-12-13-5-2-1-3-6-13/h1-10H,12H2,(H,20,21)/b15-9-. The van der Waals surface area contributed by atoms with Crippen molar-refractivity contribution in [3.8, 4) is 6.07 Å². The topological polar surface area (TPSA) is 52.9 Å². The van der Waals surface area contributed by atoms with Gasteiger partial charge in [0.15, 0.2) is 0 Å². The Morgan fingerprint density at radius 1 is 1.19 bits per heavy atom. The zero-order chi connectivity index (χ0) is 15.1. The van der Waals surface area contributed by atoms with E-state index in [0.717, 1.165) is 5.56 Å². The Labute approximate surface area is 122 Å². The molecule has 0 aromatic heterocycles. The molecule has 0 unspecified atom stereocenters. The molecule has 21 heavy (non-hydrogen) atoms. The van der Waals surface area contributed by atoms with Gasteiger partial charge in [0, 0.05) is 6.54 Å². The minimum atomic E-state index is -0.481. The van der Waals surface area contributed by atoms with Crippen LogP contribution in [-0.2, 0) is 11.3 Å². The van der Waals surface area contributed by atoms with Crippen molar-refractivity contribution in [2.24, 2.45) is 0 Å². The molecule has 4 heteroatoms. The molecule has 0 aliphatic rings. The van der Waals surface area contributed by atoms with Crippen molar-refractivity contribution in [3.05, 3.63) is 77.1 Å². The highest BCUT2D eigenvalue weighted by atomic mass is 19.1. The van der Waals surface area contributed by atoms with E-state index in [2.05, 4.69) is 5.32 Å². The second kappa shape index (κ2) is 7.01. The predicted molar refractivity (Wildman–Crippen MR) is 78.3 cm³/mol. The number of rotatable bonds is 4. The van der Waals surface area contributed by atoms with E-state index in [1.807, 2.05) is 36.4 Å². The fourth-order valence-electron chi connectivity index (χ4n) is 1.79. The van der Waals surface area contributed by atoms with Crippen LogP contribution in [-0.4, -0.2) is 5.91 Å². The highest BCUT2D eigenvalue weighted by Gasteiger charge is 2.08. The summed E-state index contributed by atoms with van der Waals surface area (Å²) in [4.78, 5) is 11.9. The Balaban J connectivity index is 2.07. The molecule has 0 saturated carbocycles. The molecule has 0 atom stereocenters. The third-order valence-electron chi connectivity index (χ3n) is 2.82. The van der Waals surface area contributed by atoms with Crippen LogP contribution in [0.4, 0.5) is 4.39 Å². The van der Waals surface area contributed by atoms with Crippen LogP contribution in [0.5, 0.6) is 0 Å². The van der Waals surface area contributed by atoms with Crippen LogP contribution in [0, 0.1) is 17.1 Å². The van der Waals surface area contributed by atoms with E-state index in [-0.39, 0.29) is 5.57 Å². The van der Waals surface area contributed by atoms with E-state index < -0.39 is 11.7 Å². The van der Waals surface area contributed by atoms with Crippen LogP contribution < -0.4 is 5.32 Å². The zero-order valence-electron chi connectivity index (χ0n) is 11.2. The van der Waals surface area contributed by atoms with Crippen molar-refractivity contribution < 1.29 is 9.18 Å². The molecule has 0 saturated heterocycles. The molecule has 2 aromatic rings. The number of nitrogens with zero attached hydrogens (tertiary/aromatic N) is 1. The lowest BCUT2D eigenvalue weighted by Gasteiger charge is -2.04. The van der Waals surface area contributed by atoms with Gasteiger partial charge in [-0.2, -0.15) is 5.26 Å². The zero-order valence-corrected chi connectivity index (χ0v) is 11.2. The van der Waals surface area contributed by atoms with Crippen LogP contribution in [0.3, 0.4) is 0 Å². The number of carbonyl (C=O) groups excluding carboxylic acids is 1. The Kier molecular flexibility index (Phi) is 4.84. The first-order valence-corrected chi connectivity index (χ1v) is 6.38. The van der Waals surface area contributed by atoms with Gasteiger partial charge in [0.2, 0.25) is 0 Å². The summed E-state index contributed by atoms with van der Waals surface area (Å²) in [7, 11) is 0. The van der Waals surface area contributed by atoms with Crippen molar-refractivity contribution in [1.29, 1.82) is 5.26 Å². The monoisotopic (exact) mass is 280 g/mol. The highest BCUT2D eigenvalue weighted by Crippen LogP contribution is 2.09. The number of nitriles is 1. The van der Waals surface area contributed by atoms with E-state index in [1.54, 1.807) is 6.07 Å². The molecule has 104 valence electrons. The number of hydrogen-bond donors (Lipinski definition) is 1. The summed E-state index contributed by atoms with van der Waals surface area (Å²) in [5, 5.41) is 11.7. The summed E-state index contributed by atoms with van der Waals surface area (Å²) >= 11 is 0. The summed E-state index contributed by atoms with van der Waals surface area (Å²) < 4.78 is 13.1. The largest absolute Gasteiger partial charge is 0.347 e. The van der Waals surface area contributed by atoms with Crippen molar-refractivity contribution in [3.63, 3.8) is 0 Å². The first kappa shape index (κ1) is 14.5. The van der Waals surface area contributed by atoms with Crippen molar-refractivity contribution in [2.75, 3.05) is 0 Å². The predicted octanol–water partition coefficient (Wildman–Crippen LogP) is 3.05. The molecule has 1 amide bonds. The van der Waals surface area contributed by atoms with E-state index in [4.69, 9.17) is 5.26 Å². The van der Waals surface area contributed by atoms with E-state index >= 15 is 0 Å². The van der Waals surface area contributed by atoms with Crippen LogP contribution in [0.1, 0.15) is 11.1 Å². The van der Waals surface area contributed by atoms with Crippen LogP contribution >= 0.6 is 0 Å². The second-order valence-electron chi connectivity index (χ2n) is 4.39. The Morgan fingerprint density at radius 2 is 1.95 bits per heavy atom. The molecule has 0 bridgehead atoms. The maximum atomic E-state index is 13.1. The number of hydrogen-bond acceptors (Lipinski definition) is 2. The van der Waals surface area contributed by atoms with Crippen molar-refractivity contribution in [2.45, 2.75) is 6.54 Å².